The molecule has 2 rings (SSSR count). The van der Waals surface area contributed by atoms with Crippen molar-refractivity contribution in [3.05, 3.63) is 31.5 Å². The molecule has 0 spiro atoms. The Hall–Kier alpha value is 0.130. The smallest absolute Gasteiger partial charge is 0.0835 e. The summed E-state index contributed by atoms with van der Waals surface area (Å²) in [7, 11) is 0. The van der Waals surface area contributed by atoms with Crippen LogP contribution in [0.25, 0.3) is 0 Å². The minimum atomic E-state index is -0.292. The summed E-state index contributed by atoms with van der Waals surface area (Å²) >= 11 is 3.99. The Morgan fingerprint density at radius 2 is 2.43 bits per heavy atom. The normalized spacial score (nSPS) is 18.3. The van der Waals surface area contributed by atoms with Gasteiger partial charge in [-0.05, 0) is 65.3 Å². The van der Waals surface area contributed by atoms with E-state index in [9.17, 15) is 5.11 Å². The van der Waals surface area contributed by atoms with Crippen molar-refractivity contribution < 1.29 is 5.11 Å². The molecule has 1 aliphatic rings. The van der Waals surface area contributed by atoms with Gasteiger partial charge in [0.1, 0.15) is 0 Å². The van der Waals surface area contributed by atoms with Crippen molar-refractivity contribution in [2.45, 2.75) is 31.8 Å². The number of aliphatic hydroxyl groups excluding tert-OH is 1. The molecule has 1 aliphatic carbocycles. The monoisotopic (exact) mass is 320 g/mol. The molecule has 0 bridgehead atoms. The van der Waals surface area contributed by atoms with Crippen molar-refractivity contribution in [2.24, 2.45) is 0 Å². The lowest BCUT2D eigenvalue weighted by molar-refractivity contribution is 0.178. The molecule has 0 aromatic carbocycles. The lowest BCUT2D eigenvalue weighted by Gasteiger charge is -2.09. The van der Waals surface area contributed by atoms with Gasteiger partial charge in [0, 0.05) is 0 Å². The van der Waals surface area contributed by atoms with E-state index in [2.05, 4.69) is 40.1 Å². The van der Waals surface area contributed by atoms with E-state index in [1.807, 2.05) is 0 Å². The molecule has 76 valence electrons. The van der Waals surface area contributed by atoms with Gasteiger partial charge in [-0.2, -0.15) is 0 Å². The van der Waals surface area contributed by atoms with Crippen LogP contribution in [0.2, 0.25) is 0 Å². The summed E-state index contributed by atoms with van der Waals surface area (Å²) in [6, 6.07) is 2.07. The maximum Gasteiger partial charge on any atom is 0.0835 e. The molecule has 1 nitrogen and oxygen atoms in total. The first-order valence-corrected chi connectivity index (χ1v) is 6.81. The minimum Gasteiger partial charge on any atom is -0.388 e. The lowest BCUT2D eigenvalue weighted by Crippen LogP contribution is -1.96. The average molecular weight is 320 g/mol. The van der Waals surface area contributed by atoms with E-state index >= 15 is 0 Å². The summed E-state index contributed by atoms with van der Waals surface area (Å²) < 4.78 is 1.25. The molecular formula is C11H13IOS. The van der Waals surface area contributed by atoms with Crippen LogP contribution < -0.4 is 0 Å². The van der Waals surface area contributed by atoms with Crippen molar-refractivity contribution in [1.29, 1.82) is 0 Å². The summed E-state index contributed by atoms with van der Waals surface area (Å²) in [6.45, 7) is 0. The Morgan fingerprint density at radius 1 is 1.57 bits per heavy atom. The zero-order valence-electron chi connectivity index (χ0n) is 7.87. The summed E-state index contributed by atoms with van der Waals surface area (Å²) in [5.74, 6) is 0. The third kappa shape index (κ3) is 2.58. The highest BCUT2D eigenvalue weighted by atomic mass is 127. The predicted molar refractivity (Wildman–Crippen MR) is 68.5 cm³/mol. The van der Waals surface area contributed by atoms with Gasteiger partial charge < -0.3 is 5.11 Å². The fourth-order valence-electron chi connectivity index (χ4n) is 1.79. The first-order chi connectivity index (χ1) is 6.75. The third-order valence-corrected chi connectivity index (χ3v) is 4.37. The quantitative estimate of drug-likeness (QED) is 0.662. The number of hydrogen-bond acceptors (Lipinski definition) is 2. The standard InChI is InChI=1S/C11H13IOS/c12-11-6-9(7-14-11)10(13)5-8-3-1-2-4-8/h3,6-7,10,13H,1-2,4-5H2. The van der Waals surface area contributed by atoms with Crippen LogP contribution in [-0.4, -0.2) is 5.11 Å². The Balaban J connectivity index is 1.98. The Kier molecular flexibility index (Phi) is 3.62. The summed E-state index contributed by atoms with van der Waals surface area (Å²) in [5, 5.41) is 12.0. The van der Waals surface area contributed by atoms with Gasteiger partial charge in [-0.15, -0.1) is 11.3 Å². The van der Waals surface area contributed by atoms with Crippen LogP contribution in [-0.2, 0) is 0 Å². The van der Waals surface area contributed by atoms with E-state index < -0.39 is 0 Å². The lowest BCUT2D eigenvalue weighted by atomic mass is 10.0. The van der Waals surface area contributed by atoms with Crippen molar-refractivity contribution in [2.75, 3.05) is 0 Å². The van der Waals surface area contributed by atoms with E-state index in [0.717, 1.165) is 12.0 Å². The van der Waals surface area contributed by atoms with Gasteiger partial charge in [0.25, 0.3) is 0 Å². The van der Waals surface area contributed by atoms with E-state index in [4.69, 9.17) is 0 Å². The van der Waals surface area contributed by atoms with Crippen molar-refractivity contribution in [3.63, 3.8) is 0 Å². The summed E-state index contributed by atoms with van der Waals surface area (Å²) in [4.78, 5) is 0. The van der Waals surface area contributed by atoms with Gasteiger partial charge in [-0.3, -0.25) is 0 Å². The maximum atomic E-state index is 9.96. The second-order valence-electron chi connectivity index (χ2n) is 3.66. The zero-order valence-corrected chi connectivity index (χ0v) is 10.8. The summed E-state index contributed by atoms with van der Waals surface area (Å²) in [5.41, 5.74) is 2.51. The number of hydrogen-bond donors (Lipinski definition) is 1. The van der Waals surface area contributed by atoms with Gasteiger partial charge in [-0.25, -0.2) is 0 Å². The number of rotatable bonds is 3. The van der Waals surface area contributed by atoms with Crippen LogP contribution in [0.3, 0.4) is 0 Å². The first kappa shape index (κ1) is 10.6. The molecular weight excluding hydrogens is 307 g/mol. The number of allylic oxidation sites excluding steroid dienone is 1. The molecule has 1 heterocycles. The molecule has 3 heteroatoms. The van der Waals surface area contributed by atoms with Crippen LogP contribution >= 0.6 is 33.9 Å². The Morgan fingerprint density at radius 3 is 3.00 bits per heavy atom. The molecule has 14 heavy (non-hydrogen) atoms. The molecule has 1 N–H and O–H groups in total. The molecule has 0 amide bonds. The molecule has 1 aromatic rings. The highest BCUT2D eigenvalue weighted by Gasteiger charge is 2.13. The molecule has 1 unspecified atom stereocenters. The number of thiophene rings is 1. The number of aliphatic hydroxyl groups is 1. The SMILES string of the molecule is OC(CC1=CCCC1)c1csc(I)c1. The van der Waals surface area contributed by atoms with E-state index in [0.29, 0.717) is 0 Å². The molecule has 1 aromatic heterocycles. The van der Waals surface area contributed by atoms with E-state index in [-0.39, 0.29) is 6.10 Å². The fourth-order valence-corrected chi connectivity index (χ4v) is 3.21. The van der Waals surface area contributed by atoms with E-state index in [1.165, 1.54) is 27.7 Å². The summed E-state index contributed by atoms with van der Waals surface area (Å²) in [6.07, 6.45) is 6.46. The highest BCUT2D eigenvalue weighted by molar-refractivity contribution is 14.1. The van der Waals surface area contributed by atoms with Crippen LogP contribution in [0.5, 0.6) is 0 Å². The van der Waals surface area contributed by atoms with Gasteiger partial charge >= 0.3 is 0 Å². The fraction of sp³-hybridized carbons (Fsp3) is 0.455. The molecule has 1 atom stereocenters. The predicted octanol–water partition coefficient (Wildman–Crippen LogP) is 3.89. The van der Waals surface area contributed by atoms with Gasteiger partial charge in [-0.1, -0.05) is 11.6 Å². The van der Waals surface area contributed by atoms with Crippen molar-refractivity contribution in [3.8, 4) is 0 Å². The molecule has 0 aliphatic heterocycles. The first-order valence-electron chi connectivity index (χ1n) is 4.85. The topological polar surface area (TPSA) is 20.2 Å². The maximum absolute atomic E-state index is 9.96. The van der Waals surface area contributed by atoms with Crippen LogP contribution in [0.1, 0.15) is 37.4 Å². The Bertz CT molecular complexity index is 343. The molecule has 0 saturated carbocycles. The van der Waals surface area contributed by atoms with Gasteiger partial charge in [0.05, 0.1) is 8.99 Å². The van der Waals surface area contributed by atoms with Gasteiger partial charge in [0.2, 0.25) is 0 Å². The molecule has 0 radical (unpaired) electrons. The second kappa shape index (κ2) is 4.77. The number of halogens is 1. The van der Waals surface area contributed by atoms with Crippen LogP contribution in [0.15, 0.2) is 23.1 Å². The molecule has 0 saturated heterocycles. The Labute approximate surface area is 102 Å². The van der Waals surface area contributed by atoms with Crippen molar-refractivity contribution in [1.82, 2.24) is 0 Å². The van der Waals surface area contributed by atoms with Crippen molar-refractivity contribution >= 4 is 33.9 Å². The van der Waals surface area contributed by atoms with E-state index in [1.54, 1.807) is 11.3 Å². The van der Waals surface area contributed by atoms with Crippen LogP contribution in [0, 0.1) is 2.88 Å². The minimum absolute atomic E-state index is 0.292. The highest BCUT2D eigenvalue weighted by Crippen LogP contribution is 2.30. The molecule has 0 fully saturated rings. The van der Waals surface area contributed by atoms with Crippen LogP contribution in [0.4, 0.5) is 0 Å². The third-order valence-electron chi connectivity index (χ3n) is 2.56. The second-order valence-corrected chi connectivity index (χ2v) is 6.46. The zero-order chi connectivity index (χ0) is 9.97. The largest absolute Gasteiger partial charge is 0.388 e. The van der Waals surface area contributed by atoms with Gasteiger partial charge in [0.15, 0.2) is 0 Å². The average Bonchev–Trinajstić information content (AvgIpc) is 2.75.